The molecule has 1 heterocycles. The Morgan fingerprint density at radius 2 is 1.45 bits per heavy atom. The van der Waals surface area contributed by atoms with Gasteiger partial charge in [0, 0.05) is 24.6 Å². The second-order valence-electron chi connectivity index (χ2n) is 12.7. The van der Waals surface area contributed by atoms with Crippen LogP contribution in [0.1, 0.15) is 85.6 Å². The third-order valence-electron chi connectivity index (χ3n) is 8.56. The van der Waals surface area contributed by atoms with Crippen molar-refractivity contribution in [1.29, 1.82) is 0 Å². The predicted molar refractivity (Wildman–Crippen MR) is 154 cm³/mol. The molecule has 0 bridgehead atoms. The third kappa shape index (κ3) is 6.40. The minimum absolute atomic E-state index is 0.0213. The molecule has 44 heavy (non-hydrogen) atoms. The number of hydrogen-bond donors (Lipinski definition) is 0. The van der Waals surface area contributed by atoms with Gasteiger partial charge in [-0.15, -0.1) is 0 Å². The number of hydrogen-bond acceptors (Lipinski definition) is 3. The molecule has 4 nitrogen and oxygen atoms in total. The lowest BCUT2D eigenvalue weighted by Gasteiger charge is -2.38. The van der Waals surface area contributed by atoms with Crippen molar-refractivity contribution in [3.05, 3.63) is 87.5 Å². The molecule has 3 aromatic rings. The van der Waals surface area contributed by atoms with Crippen molar-refractivity contribution in [2.75, 3.05) is 7.11 Å². The molecular weight excluding hydrogens is 584 g/mol. The van der Waals surface area contributed by atoms with Crippen molar-refractivity contribution in [2.24, 2.45) is 0 Å². The molecule has 1 fully saturated rings. The second kappa shape index (κ2) is 11.3. The van der Waals surface area contributed by atoms with Crippen LogP contribution in [0.5, 0.6) is 5.75 Å². The van der Waals surface area contributed by atoms with E-state index in [0.717, 1.165) is 41.5 Å². The predicted octanol–water partition coefficient (Wildman–Crippen LogP) is 9.66. The molecule has 3 aromatic carbocycles. The number of fused-ring (bicyclic) bond motifs is 1. The molecule has 5 rings (SSSR count). The van der Waals surface area contributed by atoms with Crippen LogP contribution in [0.15, 0.2) is 48.5 Å². The first-order valence-corrected chi connectivity index (χ1v) is 14.6. The Bertz CT molecular complexity index is 1540. The van der Waals surface area contributed by atoms with Crippen LogP contribution in [0.4, 0.5) is 31.1 Å². The third-order valence-corrected chi connectivity index (χ3v) is 8.56. The van der Waals surface area contributed by atoms with Gasteiger partial charge in [0.15, 0.2) is 0 Å². The van der Waals surface area contributed by atoms with Crippen LogP contribution in [0.25, 0.3) is 11.1 Å². The van der Waals surface area contributed by atoms with Gasteiger partial charge in [-0.3, -0.25) is 0 Å². The Kier molecular flexibility index (Phi) is 8.18. The van der Waals surface area contributed by atoms with Crippen molar-refractivity contribution < 1.29 is 40.6 Å². The molecule has 0 N–H and O–H groups in total. The molecule has 2 aliphatic rings. The van der Waals surface area contributed by atoms with E-state index < -0.39 is 41.7 Å². The van der Waals surface area contributed by atoms with Crippen LogP contribution in [-0.2, 0) is 41.9 Å². The Labute approximate surface area is 253 Å². The lowest BCUT2D eigenvalue weighted by Crippen LogP contribution is -2.44. The van der Waals surface area contributed by atoms with Crippen LogP contribution in [0.3, 0.4) is 0 Å². The number of carbonyl (C=O) groups is 1. The van der Waals surface area contributed by atoms with Crippen LogP contribution in [-0.4, -0.2) is 24.1 Å². The van der Waals surface area contributed by atoms with Gasteiger partial charge in [0.1, 0.15) is 11.9 Å². The van der Waals surface area contributed by atoms with Crippen molar-refractivity contribution in [3.63, 3.8) is 0 Å². The Morgan fingerprint density at radius 1 is 0.841 bits per heavy atom. The largest absolute Gasteiger partial charge is 0.496 e. The SMILES string of the molecule is COc1ccc(C(C)(C)C)cc1-c1cc2c(cc1CN1C(=O)OC(c3cc(C(F)(F)F)cc(C(F)(F)F)c3)CC1C)CCC2. The molecule has 0 spiro atoms. The summed E-state index contributed by atoms with van der Waals surface area (Å²) in [6, 6.07) is 11.1. The minimum Gasteiger partial charge on any atom is -0.496 e. The van der Waals surface area contributed by atoms with Gasteiger partial charge in [-0.05, 0) is 95.3 Å². The summed E-state index contributed by atoms with van der Waals surface area (Å²) in [5, 5.41) is 0. The maximum Gasteiger partial charge on any atom is 0.416 e. The fourth-order valence-corrected chi connectivity index (χ4v) is 6.07. The second-order valence-corrected chi connectivity index (χ2v) is 12.7. The molecule has 0 saturated carbocycles. The quantitative estimate of drug-likeness (QED) is 0.267. The summed E-state index contributed by atoms with van der Waals surface area (Å²) in [4.78, 5) is 14.9. The number of carbonyl (C=O) groups excluding carboxylic acids is 1. The number of aryl methyl sites for hydroxylation is 2. The number of rotatable bonds is 5. The number of methoxy groups -OCH3 is 1. The number of nitrogens with zero attached hydrogens (tertiary/aromatic N) is 1. The van der Waals surface area contributed by atoms with Crippen LogP contribution in [0, 0.1) is 0 Å². The van der Waals surface area contributed by atoms with Crippen molar-refractivity contribution in [2.45, 2.75) is 89.8 Å². The Balaban J connectivity index is 1.50. The van der Waals surface area contributed by atoms with E-state index in [9.17, 15) is 31.1 Å². The highest BCUT2D eigenvalue weighted by Crippen LogP contribution is 2.42. The van der Waals surface area contributed by atoms with Gasteiger partial charge in [-0.1, -0.05) is 39.0 Å². The number of alkyl halides is 6. The molecule has 1 amide bonds. The highest BCUT2D eigenvalue weighted by Gasteiger charge is 2.40. The number of ether oxygens (including phenoxy) is 2. The maximum atomic E-state index is 13.5. The highest BCUT2D eigenvalue weighted by molar-refractivity contribution is 5.77. The Hall–Kier alpha value is -3.69. The summed E-state index contributed by atoms with van der Waals surface area (Å²) in [5.41, 5.74) is 2.81. The molecule has 2 unspecified atom stereocenters. The van der Waals surface area contributed by atoms with Gasteiger partial charge in [0.05, 0.1) is 18.2 Å². The van der Waals surface area contributed by atoms with Gasteiger partial charge < -0.3 is 14.4 Å². The average molecular weight is 620 g/mol. The number of halogens is 6. The van der Waals surface area contributed by atoms with E-state index in [2.05, 4.69) is 39.0 Å². The summed E-state index contributed by atoms with van der Waals surface area (Å²) in [5.74, 6) is 0.677. The summed E-state index contributed by atoms with van der Waals surface area (Å²) in [6.07, 6.45) is -9.19. The molecule has 1 aliphatic heterocycles. The summed E-state index contributed by atoms with van der Waals surface area (Å²) < 4.78 is 92.2. The molecular formula is C34H35F6NO3. The lowest BCUT2D eigenvalue weighted by molar-refractivity contribution is -0.143. The molecule has 0 aromatic heterocycles. The number of amides is 1. The zero-order chi connectivity index (χ0) is 32.2. The molecule has 1 aliphatic carbocycles. The Morgan fingerprint density at radius 3 is 2.00 bits per heavy atom. The summed E-state index contributed by atoms with van der Waals surface area (Å²) in [7, 11) is 1.60. The van der Waals surface area contributed by atoms with Gasteiger partial charge in [0.25, 0.3) is 0 Å². The van der Waals surface area contributed by atoms with Crippen LogP contribution >= 0.6 is 0 Å². The van der Waals surface area contributed by atoms with Crippen LogP contribution < -0.4 is 4.74 Å². The zero-order valence-corrected chi connectivity index (χ0v) is 25.2. The molecule has 2 atom stereocenters. The summed E-state index contributed by atoms with van der Waals surface area (Å²) in [6.45, 7) is 8.22. The molecule has 236 valence electrons. The smallest absolute Gasteiger partial charge is 0.416 e. The maximum absolute atomic E-state index is 13.5. The minimum atomic E-state index is -5.00. The van der Waals surface area contributed by atoms with E-state index >= 15 is 0 Å². The van der Waals surface area contributed by atoms with Crippen molar-refractivity contribution in [3.8, 4) is 16.9 Å². The van der Waals surface area contributed by atoms with Gasteiger partial charge in [0.2, 0.25) is 0 Å². The van der Waals surface area contributed by atoms with Gasteiger partial charge >= 0.3 is 18.4 Å². The molecule has 1 saturated heterocycles. The van der Waals surface area contributed by atoms with Gasteiger partial charge in [-0.2, -0.15) is 26.3 Å². The highest BCUT2D eigenvalue weighted by atomic mass is 19.4. The first-order chi connectivity index (χ1) is 20.5. The van der Waals surface area contributed by atoms with Crippen LogP contribution in [0.2, 0.25) is 0 Å². The number of benzene rings is 3. The van der Waals surface area contributed by atoms with E-state index in [1.54, 1.807) is 14.0 Å². The molecule has 10 heteroatoms. The monoisotopic (exact) mass is 619 g/mol. The number of cyclic esters (lactones) is 1. The standard InChI is InChI=1S/C34H35F6NO3/c1-19-11-30(22-13-25(33(35,36)37)16-26(14-22)34(38,39)40)44-31(42)41(19)18-23-12-20-7-6-8-21(20)15-27(23)28-17-24(32(2,3)4)9-10-29(28)43-5/h9-10,12-17,19,30H,6-8,11,18H2,1-5H3. The fourth-order valence-electron chi connectivity index (χ4n) is 6.07. The normalized spacial score (nSPS) is 19.2. The first-order valence-electron chi connectivity index (χ1n) is 14.6. The first kappa shape index (κ1) is 31.7. The zero-order valence-electron chi connectivity index (χ0n) is 25.2. The van der Waals surface area contributed by atoms with E-state index in [1.807, 2.05) is 12.1 Å². The molecule has 0 radical (unpaired) electrons. The topological polar surface area (TPSA) is 38.8 Å². The summed E-state index contributed by atoms with van der Waals surface area (Å²) >= 11 is 0. The van der Waals surface area contributed by atoms with E-state index in [0.29, 0.717) is 17.9 Å². The van der Waals surface area contributed by atoms with E-state index in [4.69, 9.17) is 9.47 Å². The van der Waals surface area contributed by atoms with E-state index in [1.165, 1.54) is 16.0 Å². The van der Waals surface area contributed by atoms with Crippen molar-refractivity contribution in [1.82, 2.24) is 4.90 Å². The fraction of sp³-hybridized carbons (Fsp3) is 0.441. The van der Waals surface area contributed by atoms with Crippen molar-refractivity contribution >= 4 is 6.09 Å². The lowest BCUT2D eigenvalue weighted by atomic mass is 9.84. The van der Waals surface area contributed by atoms with Gasteiger partial charge in [-0.25, -0.2) is 4.79 Å². The van der Waals surface area contributed by atoms with E-state index in [-0.39, 0.29) is 30.0 Å². The average Bonchev–Trinajstić information content (AvgIpc) is 3.40.